The summed E-state index contributed by atoms with van der Waals surface area (Å²) >= 11 is 0. The molecule has 0 aliphatic carbocycles. The first-order chi connectivity index (χ1) is 11.7. The highest BCUT2D eigenvalue weighted by Gasteiger charge is 2.22. The van der Waals surface area contributed by atoms with Crippen LogP contribution in [0.25, 0.3) is 0 Å². The van der Waals surface area contributed by atoms with Gasteiger partial charge in [0.2, 0.25) is 0 Å². The van der Waals surface area contributed by atoms with E-state index in [1.807, 2.05) is 6.92 Å². The summed E-state index contributed by atoms with van der Waals surface area (Å²) in [5.41, 5.74) is 0. The topological polar surface area (TPSA) is 64.6 Å². The van der Waals surface area contributed by atoms with Gasteiger partial charge >= 0.3 is 12.1 Å². The van der Waals surface area contributed by atoms with Gasteiger partial charge in [0.1, 0.15) is 6.04 Å². The number of unbranched alkanes of at least 4 members (excludes halogenated alkanes) is 8. The van der Waals surface area contributed by atoms with Gasteiger partial charge in [-0.05, 0) is 19.8 Å². The molecular weight excluding hydrogens is 306 g/mol. The molecule has 1 unspecified atom stereocenters. The zero-order valence-corrected chi connectivity index (χ0v) is 15.9. The minimum Gasteiger partial charge on any atom is -0.464 e. The van der Waals surface area contributed by atoms with E-state index in [4.69, 9.17) is 9.47 Å². The van der Waals surface area contributed by atoms with Crippen molar-refractivity contribution in [2.75, 3.05) is 13.2 Å². The summed E-state index contributed by atoms with van der Waals surface area (Å²) in [5.74, 6) is -0.348. The van der Waals surface area contributed by atoms with Crippen molar-refractivity contribution >= 4 is 12.1 Å². The van der Waals surface area contributed by atoms with E-state index in [9.17, 15) is 9.59 Å². The molecule has 0 aromatic rings. The van der Waals surface area contributed by atoms with E-state index < -0.39 is 12.1 Å². The number of alkyl carbamates (subject to hydrolysis) is 1. The highest BCUT2D eigenvalue weighted by Crippen LogP contribution is 2.09. The van der Waals surface area contributed by atoms with Gasteiger partial charge in [-0.1, -0.05) is 71.6 Å². The van der Waals surface area contributed by atoms with Gasteiger partial charge in [-0.2, -0.15) is 0 Å². The number of nitrogens with one attached hydrogen (secondary N) is 1. The largest absolute Gasteiger partial charge is 0.464 e. The molecule has 5 nitrogen and oxygen atoms in total. The molecule has 0 aliphatic rings. The summed E-state index contributed by atoms with van der Waals surface area (Å²) in [6.07, 6.45) is 11.5. The zero-order valence-electron chi connectivity index (χ0n) is 15.9. The van der Waals surface area contributed by atoms with Crippen LogP contribution in [0.4, 0.5) is 4.79 Å². The maximum absolute atomic E-state index is 12.1. The fourth-order valence-corrected chi connectivity index (χ4v) is 2.48. The molecule has 5 heteroatoms. The summed E-state index contributed by atoms with van der Waals surface area (Å²) in [6, 6.07) is -0.599. The molecule has 0 aromatic heterocycles. The van der Waals surface area contributed by atoms with E-state index in [0.29, 0.717) is 19.6 Å². The molecule has 0 heterocycles. The van der Waals surface area contributed by atoms with Crippen molar-refractivity contribution in [2.24, 2.45) is 0 Å². The molecule has 1 atom stereocenters. The lowest BCUT2D eigenvalue weighted by atomic mass is 10.1. The molecule has 0 radical (unpaired) electrons. The molecule has 1 amide bonds. The van der Waals surface area contributed by atoms with Gasteiger partial charge in [0.25, 0.3) is 0 Å². The molecule has 1 N–H and O–H groups in total. The Hall–Kier alpha value is -1.26. The first-order valence-corrected chi connectivity index (χ1v) is 9.75. The van der Waals surface area contributed by atoms with E-state index in [-0.39, 0.29) is 5.97 Å². The first kappa shape index (κ1) is 22.7. The lowest BCUT2D eigenvalue weighted by Gasteiger charge is -2.17. The van der Waals surface area contributed by atoms with Crippen molar-refractivity contribution in [3.8, 4) is 0 Å². The summed E-state index contributed by atoms with van der Waals surface area (Å²) in [7, 11) is 0. The van der Waals surface area contributed by atoms with E-state index >= 15 is 0 Å². The molecule has 0 aliphatic heterocycles. The predicted molar refractivity (Wildman–Crippen MR) is 97.0 cm³/mol. The predicted octanol–water partition coefficient (Wildman–Crippen LogP) is 4.98. The monoisotopic (exact) mass is 343 g/mol. The van der Waals surface area contributed by atoms with Crippen LogP contribution in [0.2, 0.25) is 0 Å². The molecule has 0 aromatic carbocycles. The lowest BCUT2D eigenvalue weighted by molar-refractivity contribution is -0.146. The van der Waals surface area contributed by atoms with E-state index in [2.05, 4.69) is 12.2 Å². The zero-order chi connectivity index (χ0) is 18.0. The second-order valence-electron chi connectivity index (χ2n) is 6.20. The second kappa shape index (κ2) is 16.6. The molecule has 142 valence electrons. The Morgan fingerprint density at radius 3 is 1.96 bits per heavy atom. The van der Waals surface area contributed by atoms with Crippen molar-refractivity contribution in [3.63, 3.8) is 0 Å². The second-order valence-corrected chi connectivity index (χ2v) is 6.20. The number of hydrogen-bond acceptors (Lipinski definition) is 4. The Bertz CT molecular complexity index is 320. The Morgan fingerprint density at radius 2 is 1.38 bits per heavy atom. The van der Waals surface area contributed by atoms with Gasteiger partial charge in [-0.3, -0.25) is 0 Å². The van der Waals surface area contributed by atoms with Crippen LogP contribution in [0.15, 0.2) is 0 Å². The number of rotatable bonds is 15. The molecule has 0 spiro atoms. The number of hydrogen-bond donors (Lipinski definition) is 1. The van der Waals surface area contributed by atoms with Crippen molar-refractivity contribution in [1.82, 2.24) is 5.32 Å². The van der Waals surface area contributed by atoms with Crippen LogP contribution in [0.5, 0.6) is 0 Å². The Kier molecular flexibility index (Phi) is 15.7. The molecule has 0 bridgehead atoms. The maximum atomic E-state index is 12.1. The Labute approximate surface area is 147 Å². The third kappa shape index (κ3) is 13.2. The van der Waals surface area contributed by atoms with Crippen LogP contribution >= 0.6 is 0 Å². The van der Waals surface area contributed by atoms with E-state index in [1.165, 1.54) is 38.5 Å². The average Bonchev–Trinajstić information content (AvgIpc) is 2.57. The fraction of sp³-hybridized carbons (Fsp3) is 0.895. The van der Waals surface area contributed by atoms with Crippen LogP contribution in [0.3, 0.4) is 0 Å². The van der Waals surface area contributed by atoms with Crippen molar-refractivity contribution in [2.45, 2.75) is 97.4 Å². The van der Waals surface area contributed by atoms with Gasteiger partial charge in [-0.15, -0.1) is 0 Å². The van der Waals surface area contributed by atoms with E-state index in [0.717, 1.165) is 25.7 Å². The van der Waals surface area contributed by atoms with Crippen molar-refractivity contribution in [1.29, 1.82) is 0 Å². The quantitative estimate of drug-likeness (QED) is 0.336. The van der Waals surface area contributed by atoms with Gasteiger partial charge in [0.15, 0.2) is 0 Å². The molecule has 24 heavy (non-hydrogen) atoms. The highest BCUT2D eigenvalue weighted by atomic mass is 16.6. The maximum Gasteiger partial charge on any atom is 0.407 e. The molecule has 0 rings (SSSR count). The van der Waals surface area contributed by atoms with Crippen LogP contribution in [-0.2, 0) is 14.3 Å². The smallest absolute Gasteiger partial charge is 0.407 e. The number of carbonyl (C=O) groups is 2. The Morgan fingerprint density at radius 1 is 0.792 bits per heavy atom. The van der Waals surface area contributed by atoms with Crippen LogP contribution in [0.1, 0.15) is 91.4 Å². The standard InChI is InChI=1S/C19H37NO4/c1-4-7-9-10-11-12-13-14-16-24-18(21)17(15-8-5-2)20-19(22)23-6-3/h17H,4-16H2,1-3H3,(H,20,22). The third-order valence-corrected chi connectivity index (χ3v) is 3.94. The number of esters is 1. The van der Waals surface area contributed by atoms with Crippen molar-refractivity contribution < 1.29 is 19.1 Å². The normalized spacial score (nSPS) is 11.8. The number of ether oxygens (including phenoxy) is 2. The van der Waals surface area contributed by atoms with Crippen LogP contribution in [-0.4, -0.2) is 31.3 Å². The summed E-state index contributed by atoms with van der Waals surface area (Å²) in [4.78, 5) is 23.6. The van der Waals surface area contributed by atoms with Gasteiger partial charge in [-0.25, -0.2) is 9.59 Å². The van der Waals surface area contributed by atoms with Gasteiger partial charge in [0.05, 0.1) is 13.2 Å². The van der Waals surface area contributed by atoms with Gasteiger partial charge in [0, 0.05) is 0 Å². The van der Waals surface area contributed by atoms with Gasteiger partial charge < -0.3 is 14.8 Å². The minimum atomic E-state index is -0.599. The molecule has 0 saturated carbocycles. The first-order valence-electron chi connectivity index (χ1n) is 9.75. The van der Waals surface area contributed by atoms with Crippen LogP contribution < -0.4 is 5.32 Å². The number of carbonyl (C=O) groups excluding carboxylic acids is 2. The van der Waals surface area contributed by atoms with Crippen molar-refractivity contribution in [3.05, 3.63) is 0 Å². The highest BCUT2D eigenvalue weighted by molar-refractivity contribution is 5.81. The fourth-order valence-electron chi connectivity index (χ4n) is 2.48. The lowest BCUT2D eigenvalue weighted by Crippen LogP contribution is -2.42. The molecular formula is C19H37NO4. The van der Waals surface area contributed by atoms with Crippen LogP contribution in [0, 0.1) is 0 Å². The summed E-state index contributed by atoms with van der Waals surface area (Å²) in [6.45, 7) is 6.73. The van der Waals surface area contributed by atoms with E-state index in [1.54, 1.807) is 6.92 Å². The SMILES string of the molecule is CCCCCCCCCCOC(=O)C(CCCC)NC(=O)OCC. The Balaban J connectivity index is 3.86. The number of amides is 1. The summed E-state index contributed by atoms with van der Waals surface area (Å²) < 4.78 is 10.2. The third-order valence-electron chi connectivity index (χ3n) is 3.94. The summed E-state index contributed by atoms with van der Waals surface area (Å²) in [5, 5.41) is 2.60. The molecule has 0 fully saturated rings. The molecule has 0 saturated heterocycles. The minimum absolute atomic E-state index is 0.291. The average molecular weight is 344 g/mol.